The molecule has 0 radical (unpaired) electrons. The molecule has 2 aromatic heterocycles. The summed E-state index contributed by atoms with van der Waals surface area (Å²) in [7, 11) is 0. The van der Waals surface area contributed by atoms with Crippen LogP contribution in [0.5, 0.6) is 0 Å². The Morgan fingerprint density at radius 3 is 2.29 bits per heavy atom. The van der Waals surface area contributed by atoms with E-state index in [2.05, 4.69) is 166 Å². The van der Waals surface area contributed by atoms with Crippen LogP contribution in [0.1, 0.15) is 50.1 Å². The first-order valence-corrected chi connectivity index (χ1v) is 18.1. The van der Waals surface area contributed by atoms with Crippen molar-refractivity contribution in [2.45, 2.75) is 46.5 Å². The highest BCUT2D eigenvalue weighted by Gasteiger charge is 2.46. The van der Waals surface area contributed by atoms with E-state index in [1.54, 1.807) is 0 Å². The van der Waals surface area contributed by atoms with Crippen LogP contribution >= 0.6 is 0 Å². The van der Waals surface area contributed by atoms with Crippen LogP contribution in [0.15, 0.2) is 126 Å². The summed E-state index contributed by atoms with van der Waals surface area (Å²) in [4.78, 5) is 2.48. The number of nitrogens with zero attached hydrogens (tertiary/aromatic N) is 2. The third-order valence-electron chi connectivity index (χ3n) is 11.5. The van der Waals surface area contributed by atoms with E-state index in [0.717, 1.165) is 34.8 Å². The van der Waals surface area contributed by atoms with Gasteiger partial charge in [0.2, 0.25) is 0 Å². The highest BCUT2D eigenvalue weighted by molar-refractivity contribution is 7.00. The van der Waals surface area contributed by atoms with Crippen LogP contribution < -0.4 is 21.5 Å². The van der Waals surface area contributed by atoms with Crippen LogP contribution in [0.4, 0.5) is 17.1 Å². The van der Waals surface area contributed by atoms with Crippen molar-refractivity contribution in [3.8, 4) is 16.8 Å². The highest BCUT2D eigenvalue weighted by atomic mass is 16.3. The quantitative estimate of drug-likeness (QED) is 0.176. The molecule has 0 aliphatic carbocycles. The zero-order chi connectivity index (χ0) is 34.8. The minimum atomic E-state index is -0.000960. The Kier molecular flexibility index (Phi) is 6.28. The average Bonchev–Trinajstić information content (AvgIpc) is 3.77. The van der Waals surface area contributed by atoms with Crippen LogP contribution in [0, 0.1) is 6.92 Å². The third-order valence-corrected chi connectivity index (χ3v) is 11.5. The number of fused-ring (bicyclic) bond motifs is 9. The van der Waals surface area contributed by atoms with E-state index in [1.807, 2.05) is 6.08 Å². The molecule has 2 aliphatic rings. The second-order valence-corrected chi connectivity index (χ2v) is 15.3. The van der Waals surface area contributed by atoms with Gasteiger partial charge in [-0.15, -0.1) is 0 Å². The molecule has 0 N–H and O–H groups in total. The zero-order valence-electron chi connectivity index (χ0n) is 29.8. The maximum Gasteiger partial charge on any atom is 0.293 e. The summed E-state index contributed by atoms with van der Waals surface area (Å²) in [5.74, 6) is 0.859. The maximum absolute atomic E-state index is 6.67. The van der Waals surface area contributed by atoms with E-state index < -0.39 is 0 Å². The Morgan fingerprint density at radius 1 is 0.745 bits per heavy atom. The molecular formula is C47H39BN2O. The SMILES string of the molecule is C=Cc1oc2c(c1C)-c1cccc3c1B2c1ccc(-n2c4ccc(CC)cc4c4cc(C(C)(C)C)ccc42)cc1N3c1ccc2ccccc2c1. The van der Waals surface area contributed by atoms with E-state index in [4.69, 9.17) is 4.42 Å². The Hall–Kier alpha value is -5.74. The molecule has 0 saturated carbocycles. The first-order valence-electron chi connectivity index (χ1n) is 18.1. The molecule has 3 nitrogen and oxygen atoms in total. The second kappa shape index (κ2) is 10.6. The molecule has 246 valence electrons. The fraction of sp³-hybridized carbons (Fsp3) is 0.149. The average molecular weight is 659 g/mol. The number of aryl methyl sites for hydroxylation is 1. The summed E-state index contributed by atoms with van der Waals surface area (Å²) in [6.45, 7) is 15.4. The number of anilines is 3. The molecule has 8 aromatic rings. The van der Waals surface area contributed by atoms with Gasteiger partial charge in [-0.05, 0) is 118 Å². The van der Waals surface area contributed by atoms with Crippen molar-refractivity contribution in [2.75, 3.05) is 4.90 Å². The number of hydrogen-bond donors (Lipinski definition) is 0. The number of aromatic nitrogens is 1. The van der Waals surface area contributed by atoms with E-state index in [1.165, 1.54) is 77.1 Å². The van der Waals surface area contributed by atoms with Crippen molar-refractivity contribution in [1.82, 2.24) is 4.57 Å². The van der Waals surface area contributed by atoms with Crippen molar-refractivity contribution in [3.63, 3.8) is 0 Å². The Morgan fingerprint density at radius 2 is 1.51 bits per heavy atom. The summed E-state index contributed by atoms with van der Waals surface area (Å²) >= 11 is 0. The fourth-order valence-electron chi connectivity index (χ4n) is 8.85. The first-order chi connectivity index (χ1) is 24.7. The maximum atomic E-state index is 6.67. The molecule has 51 heavy (non-hydrogen) atoms. The lowest BCUT2D eigenvalue weighted by atomic mass is 9.39. The number of benzene rings is 6. The van der Waals surface area contributed by atoms with Gasteiger partial charge in [-0.25, -0.2) is 0 Å². The molecule has 2 aliphatic heterocycles. The lowest BCUT2D eigenvalue weighted by Gasteiger charge is -2.36. The van der Waals surface area contributed by atoms with Crippen molar-refractivity contribution in [1.29, 1.82) is 0 Å². The molecule has 0 unspecified atom stereocenters. The van der Waals surface area contributed by atoms with Gasteiger partial charge in [-0.3, -0.25) is 0 Å². The van der Waals surface area contributed by atoms with Gasteiger partial charge in [0.25, 0.3) is 6.71 Å². The minimum absolute atomic E-state index is 0.000960. The molecule has 0 atom stereocenters. The largest absolute Gasteiger partial charge is 0.470 e. The molecule has 0 saturated heterocycles. The zero-order valence-corrected chi connectivity index (χ0v) is 29.8. The highest BCUT2D eigenvalue weighted by Crippen LogP contribution is 2.44. The van der Waals surface area contributed by atoms with Gasteiger partial charge in [0.05, 0.1) is 16.7 Å². The molecular weight excluding hydrogens is 619 g/mol. The third kappa shape index (κ3) is 4.20. The molecule has 10 rings (SSSR count). The molecule has 6 aromatic carbocycles. The van der Waals surface area contributed by atoms with Gasteiger partial charge < -0.3 is 13.9 Å². The van der Waals surface area contributed by atoms with Crippen molar-refractivity contribution in [2.24, 2.45) is 0 Å². The van der Waals surface area contributed by atoms with E-state index in [-0.39, 0.29) is 12.1 Å². The Labute approximate surface area is 299 Å². The van der Waals surface area contributed by atoms with E-state index >= 15 is 0 Å². The number of furan rings is 1. The summed E-state index contributed by atoms with van der Waals surface area (Å²) < 4.78 is 9.14. The van der Waals surface area contributed by atoms with Crippen LogP contribution in [0.2, 0.25) is 0 Å². The van der Waals surface area contributed by atoms with Crippen LogP contribution in [0.3, 0.4) is 0 Å². The van der Waals surface area contributed by atoms with Crippen LogP contribution in [0.25, 0.3) is 55.5 Å². The van der Waals surface area contributed by atoms with Crippen molar-refractivity contribution < 1.29 is 4.42 Å². The topological polar surface area (TPSA) is 21.3 Å². The first kappa shape index (κ1) is 30.1. The molecule has 0 fully saturated rings. The van der Waals surface area contributed by atoms with Crippen molar-refractivity contribution >= 4 is 79.0 Å². The van der Waals surface area contributed by atoms with Gasteiger partial charge in [0.15, 0.2) is 0 Å². The standard InChI is InChI=1S/C47H39BN2O/c1-7-29-16-22-39-36(24-29)37-26-32(47(4,5)6)18-23-40(37)49(39)34-20-21-38-42(27-34)50(33-19-17-30-12-9-10-13-31(30)25-33)41-15-11-14-35-44-28(3)43(8-2)51-46(44)48(38)45(35)41/h8-27H,2,7H2,1,3-6H3. The monoisotopic (exact) mass is 658 g/mol. The van der Waals surface area contributed by atoms with Gasteiger partial charge in [-0.2, -0.15) is 0 Å². The van der Waals surface area contributed by atoms with Gasteiger partial charge in [-0.1, -0.05) is 94.9 Å². The van der Waals surface area contributed by atoms with Gasteiger partial charge in [0.1, 0.15) is 5.76 Å². The number of hydrogen-bond acceptors (Lipinski definition) is 2. The normalized spacial score (nSPS) is 13.3. The lowest BCUT2D eigenvalue weighted by molar-refractivity contribution is 0.587. The second-order valence-electron chi connectivity index (χ2n) is 15.3. The molecule has 0 spiro atoms. The summed E-state index contributed by atoms with van der Waals surface area (Å²) in [6.07, 6.45) is 2.86. The Balaban J connectivity index is 1.27. The molecule has 0 amide bonds. The smallest absolute Gasteiger partial charge is 0.293 e. The van der Waals surface area contributed by atoms with E-state index in [0.29, 0.717) is 0 Å². The van der Waals surface area contributed by atoms with Crippen LogP contribution in [-0.4, -0.2) is 11.3 Å². The van der Waals surface area contributed by atoms with Crippen molar-refractivity contribution in [3.05, 3.63) is 144 Å². The van der Waals surface area contributed by atoms with E-state index in [9.17, 15) is 0 Å². The predicted molar refractivity (Wildman–Crippen MR) is 218 cm³/mol. The lowest BCUT2D eigenvalue weighted by Crippen LogP contribution is -2.54. The Bertz CT molecular complexity index is 2770. The summed E-state index contributed by atoms with van der Waals surface area (Å²) in [5.41, 5.74) is 17.1. The summed E-state index contributed by atoms with van der Waals surface area (Å²) in [5, 5.41) is 5.07. The minimum Gasteiger partial charge on any atom is -0.470 e. The number of rotatable bonds is 4. The fourth-order valence-corrected chi connectivity index (χ4v) is 8.85. The molecule has 0 bridgehead atoms. The molecule has 4 heteroatoms. The van der Waals surface area contributed by atoms with Gasteiger partial charge >= 0.3 is 0 Å². The summed E-state index contributed by atoms with van der Waals surface area (Å²) in [6, 6.07) is 43.4. The molecule has 4 heterocycles. The van der Waals surface area contributed by atoms with Gasteiger partial charge in [0, 0.05) is 44.6 Å². The van der Waals surface area contributed by atoms with Crippen LogP contribution in [-0.2, 0) is 11.8 Å². The predicted octanol–water partition coefficient (Wildman–Crippen LogP) is 10.6.